The summed E-state index contributed by atoms with van der Waals surface area (Å²) in [6, 6.07) is 5.39. The minimum absolute atomic E-state index is 0.0127. The van der Waals surface area contributed by atoms with E-state index in [1.54, 1.807) is 0 Å². The summed E-state index contributed by atoms with van der Waals surface area (Å²) in [5.41, 5.74) is 0.504. The minimum atomic E-state index is -3.51. The van der Waals surface area contributed by atoms with Crippen molar-refractivity contribution in [3.63, 3.8) is 0 Å². The average Bonchev–Trinajstić information content (AvgIpc) is 2.94. The first-order valence-corrected chi connectivity index (χ1v) is 8.62. The molecular weight excluding hydrogens is 333 g/mol. The molecule has 2 rings (SSSR count). The Labute approximate surface area is 130 Å². The molecule has 10 heteroatoms. The second-order valence-electron chi connectivity index (χ2n) is 4.33. The summed E-state index contributed by atoms with van der Waals surface area (Å²) in [4.78, 5) is 16.9. The van der Waals surface area contributed by atoms with Gasteiger partial charge in [-0.2, -0.15) is 9.36 Å². The van der Waals surface area contributed by atoms with Crippen LogP contribution < -0.4 is 9.64 Å². The van der Waals surface area contributed by atoms with Gasteiger partial charge in [-0.05, 0) is 24.3 Å². The van der Waals surface area contributed by atoms with Crippen LogP contribution in [0.1, 0.15) is 0 Å². The third-order valence-electron chi connectivity index (χ3n) is 2.63. The highest BCUT2D eigenvalue weighted by molar-refractivity contribution is 7.90. The lowest BCUT2D eigenvalue weighted by atomic mass is 10.3. The van der Waals surface area contributed by atoms with Crippen molar-refractivity contribution in [2.75, 3.05) is 24.8 Å². The van der Waals surface area contributed by atoms with Crippen molar-refractivity contribution in [2.24, 2.45) is 0 Å². The fourth-order valence-electron chi connectivity index (χ4n) is 1.44. The summed E-state index contributed by atoms with van der Waals surface area (Å²) in [6.07, 6.45) is 0.978. The standard InChI is InChI=1S/C12H12FN3O4S2/c1-16(9-5-3-8(13)4-6-9)10(17)7-20-12-14-11(15-21-12)22(2,18)19/h3-6H,7H2,1-2H3. The lowest BCUT2D eigenvalue weighted by Gasteiger charge is -2.16. The van der Waals surface area contributed by atoms with Gasteiger partial charge in [-0.15, -0.1) is 0 Å². The maximum atomic E-state index is 12.8. The van der Waals surface area contributed by atoms with Crippen LogP contribution in [-0.2, 0) is 14.6 Å². The second kappa shape index (κ2) is 6.36. The van der Waals surface area contributed by atoms with Crippen molar-refractivity contribution in [3.8, 4) is 5.19 Å². The lowest BCUT2D eigenvalue weighted by molar-refractivity contribution is -0.120. The van der Waals surface area contributed by atoms with Gasteiger partial charge in [-0.1, -0.05) is 0 Å². The van der Waals surface area contributed by atoms with Crippen molar-refractivity contribution >= 4 is 33.0 Å². The first-order valence-electron chi connectivity index (χ1n) is 5.96. The molecule has 0 radical (unpaired) electrons. The van der Waals surface area contributed by atoms with Gasteiger partial charge in [-0.3, -0.25) is 4.79 Å². The van der Waals surface area contributed by atoms with Gasteiger partial charge in [0.2, 0.25) is 9.84 Å². The van der Waals surface area contributed by atoms with Crippen LogP contribution >= 0.6 is 11.5 Å². The Bertz CT molecular complexity index is 774. The predicted octanol–water partition coefficient (Wildman–Crippen LogP) is 1.12. The van der Waals surface area contributed by atoms with Crippen LogP contribution in [0.15, 0.2) is 29.4 Å². The van der Waals surface area contributed by atoms with E-state index in [0.29, 0.717) is 5.69 Å². The molecule has 0 spiro atoms. The SMILES string of the molecule is CN(C(=O)COc1nc(S(C)(=O)=O)ns1)c1ccc(F)cc1. The maximum absolute atomic E-state index is 12.8. The number of anilines is 1. The number of halogens is 1. The van der Waals surface area contributed by atoms with E-state index in [0.717, 1.165) is 17.8 Å². The Kier molecular flexibility index (Phi) is 4.71. The van der Waals surface area contributed by atoms with Crippen LogP contribution in [0.2, 0.25) is 0 Å². The highest BCUT2D eigenvalue weighted by Crippen LogP contribution is 2.18. The highest BCUT2D eigenvalue weighted by atomic mass is 32.2. The number of benzene rings is 1. The highest BCUT2D eigenvalue weighted by Gasteiger charge is 2.17. The van der Waals surface area contributed by atoms with Crippen LogP contribution in [0.25, 0.3) is 0 Å². The Morgan fingerprint density at radius 1 is 1.36 bits per heavy atom. The van der Waals surface area contributed by atoms with Gasteiger partial charge in [-0.25, -0.2) is 12.8 Å². The van der Waals surface area contributed by atoms with E-state index in [2.05, 4.69) is 9.36 Å². The number of hydrogen-bond donors (Lipinski definition) is 0. The summed E-state index contributed by atoms with van der Waals surface area (Å²) < 4.78 is 44.0. The van der Waals surface area contributed by atoms with E-state index in [4.69, 9.17) is 4.74 Å². The topological polar surface area (TPSA) is 89.5 Å². The number of carbonyl (C=O) groups excluding carboxylic acids is 1. The van der Waals surface area contributed by atoms with E-state index in [1.165, 1.54) is 36.2 Å². The molecule has 7 nitrogen and oxygen atoms in total. The number of ether oxygens (including phenoxy) is 1. The fourth-order valence-corrected chi connectivity index (χ4v) is 2.83. The molecule has 1 amide bonds. The maximum Gasteiger partial charge on any atom is 0.294 e. The zero-order valence-corrected chi connectivity index (χ0v) is 13.3. The Morgan fingerprint density at radius 3 is 2.55 bits per heavy atom. The van der Waals surface area contributed by atoms with Gasteiger partial charge < -0.3 is 9.64 Å². The molecule has 1 aromatic heterocycles. The Balaban J connectivity index is 1.97. The van der Waals surface area contributed by atoms with Crippen molar-refractivity contribution in [1.82, 2.24) is 9.36 Å². The summed E-state index contributed by atoms with van der Waals surface area (Å²) in [6.45, 7) is -0.341. The normalized spacial score (nSPS) is 11.2. The zero-order chi connectivity index (χ0) is 16.3. The molecular formula is C12H12FN3O4S2. The first kappa shape index (κ1) is 16.3. The number of aromatic nitrogens is 2. The molecule has 0 atom stereocenters. The van der Waals surface area contributed by atoms with Gasteiger partial charge in [0.25, 0.3) is 16.3 Å². The van der Waals surface area contributed by atoms with E-state index in [9.17, 15) is 17.6 Å². The number of amides is 1. The van der Waals surface area contributed by atoms with E-state index in [1.807, 2.05) is 0 Å². The Hall–Kier alpha value is -2.07. The molecule has 0 aliphatic heterocycles. The number of likely N-dealkylation sites (N-methyl/N-ethyl adjacent to an activating group) is 1. The average molecular weight is 345 g/mol. The van der Waals surface area contributed by atoms with Gasteiger partial charge in [0.1, 0.15) is 5.82 Å². The van der Waals surface area contributed by atoms with Crippen molar-refractivity contribution < 1.29 is 22.3 Å². The quantitative estimate of drug-likeness (QED) is 0.807. The molecule has 0 saturated heterocycles. The summed E-state index contributed by atoms with van der Waals surface area (Å²) in [7, 11) is -1.99. The van der Waals surface area contributed by atoms with Gasteiger partial charge in [0.05, 0.1) is 0 Å². The molecule has 0 saturated carbocycles. The molecule has 22 heavy (non-hydrogen) atoms. The van der Waals surface area contributed by atoms with Crippen LogP contribution in [0.5, 0.6) is 5.19 Å². The fraction of sp³-hybridized carbons (Fsp3) is 0.250. The lowest BCUT2D eigenvalue weighted by Crippen LogP contribution is -2.31. The zero-order valence-electron chi connectivity index (χ0n) is 11.7. The predicted molar refractivity (Wildman–Crippen MR) is 78.3 cm³/mol. The molecule has 0 bridgehead atoms. The van der Waals surface area contributed by atoms with E-state index < -0.39 is 21.6 Å². The van der Waals surface area contributed by atoms with Crippen LogP contribution in [-0.4, -0.2) is 43.6 Å². The summed E-state index contributed by atoms with van der Waals surface area (Å²) >= 11 is 0.745. The molecule has 0 N–H and O–H groups in total. The van der Waals surface area contributed by atoms with Gasteiger partial charge >= 0.3 is 0 Å². The smallest absolute Gasteiger partial charge is 0.294 e. The Morgan fingerprint density at radius 2 is 2.00 bits per heavy atom. The minimum Gasteiger partial charge on any atom is -0.459 e. The number of carbonyl (C=O) groups is 1. The largest absolute Gasteiger partial charge is 0.459 e. The molecule has 118 valence electrons. The molecule has 1 aromatic carbocycles. The third-order valence-corrected chi connectivity index (χ3v) is 4.22. The van der Waals surface area contributed by atoms with Crippen LogP contribution in [0.4, 0.5) is 10.1 Å². The number of rotatable bonds is 5. The summed E-state index contributed by atoms with van der Waals surface area (Å²) in [5.74, 6) is -0.800. The second-order valence-corrected chi connectivity index (χ2v) is 6.96. The number of hydrogen-bond acceptors (Lipinski definition) is 7. The monoisotopic (exact) mass is 345 g/mol. The molecule has 0 fully saturated rings. The molecule has 0 aliphatic rings. The first-order chi connectivity index (χ1) is 10.3. The molecule has 0 unspecified atom stereocenters. The molecule has 0 aliphatic carbocycles. The van der Waals surface area contributed by atoms with E-state index in [-0.39, 0.29) is 17.0 Å². The number of sulfone groups is 1. The molecule has 1 heterocycles. The van der Waals surface area contributed by atoms with Crippen LogP contribution in [0, 0.1) is 5.82 Å². The third kappa shape index (κ3) is 3.98. The van der Waals surface area contributed by atoms with Gasteiger partial charge in [0.15, 0.2) is 6.61 Å². The van der Waals surface area contributed by atoms with Crippen molar-refractivity contribution in [3.05, 3.63) is 30.1 Å². The summed E-state index contributed by atoms with van der Waals surface area (Å²) in [5, 5.41) is -0.354. The van der Waals surface area contributed by atoms with Gasteiger partial charge in [0, 0.05) is 30.5 Å². The molecule has 2 aromatic rings. The number of nitrogens with zero attached hydrogens (tertiary/aromatic N) is 3. The van der Waals surface area contributed by atoms with Crippen molar-refractivity contribution in [2.45, 2.75) is 5.16 Å². The van der Waals surface area contributed by atoms with Crippen LogP contribution in [0.3, 0.4) is 0 Å². The van der Waals surface area contributed by atoms with E-state index >= 15 is 0 Å². The van der Waals surface area contributed by atoms with Crippen molar-refractivity contribution in [1.29, 1.82) is 0 Å².